The highest BCUT2D eigenvalue weighted by Gasteiger charge is 2.13. The van der Waals surface area contributed by atoms with Crippen molar-refractivity contribution in [2.45, 2.75) is 12.7 Å². The Morgan fingerprint density at radius 3 is 2.46 bits per heavy atom. The Balaban J connectivity index is 1.78. The average Bonchev–Trinajstić information content (AvgIpc) is 2.72. The zero-order valence-electron chi connectivity index (χ0n) is 15.4. The molecule has 0 aromatic heterocycles. The second kappa shape index (κ2) is 8.97. The Bertz CT molecular complexity index is 950. The van der Waals surface area contributed by atoms with Gasteiger partial charge >= 0.3 is 0 Å². The van der Waals surface area contributed by atoms with Crippen LogP contribution in [0.25, 0.3) is 6.08 Å². The van der Waals surface area contributed by atoms with Gasteiger partial charge < -0.3 is 24.8 Å². The fraction of sp³-hybridized carbons (Fsp3) is 0.130. The van der Waals surface area contributed by atoms with Gasteiger partial charge in [-0.05, 0) is 29.8 Å². The summed E-state index contributed by atoms with van der Waals surface area (Å²) in [6.07, 6.45) is 2.18. The molecule has 3 aromatic carbocycles. The van der Waals surface area contributed by atoms with E-state index in [0.717, 1.165) is 5.56 Å². The Labute approximate surface area is 163 Å². The van der Waals surface area contributed by atoms with Crippen LogP contribution < -0.4 is 9.47 Å². The number of rotatable bonds is 7. The number of phenols is 2. The zero-order valence-corrected chi connectivity index (χ0v) is 15.4. The number of methoxy groups -OCH3 is 1. The van der Waals surface area contributed by atoms with Crippen LogP contribution in [0.4, 0.5) is 0 Å². The van der Waals surface area contributed by atoms with Gasteiger partial charge in [0.2, 0.25) is 0 Å². The van der Waals surface area contributed by atoms with E-state index in [-0.39, 0.29) is 11.5 Å². The molecule has 0 fully saturated rings. The lowest BCUT2D eigenvalue weighted by molar-refractivity contribution is 0.217. The van der Waals surface area contributed by atoms with Crippen LogP contribution in [0.3, 0.4) is 0 Å². The molecule has 0 saturated heterocycles. The number of aromatic hydroxyl groups is 2. The second-order valence-electron chi connectivity index (χ2n) is 6.23. The molecule has 0 aliphatic carbocycles. The SMILES string of the molecule is COc1ccc(C=CC(O)c2ccc(O)cc2OCc2ccccc2)c(O)c1. The number of ether oxygens (including phenoxy) is 2. The van der Waals surface area contributed by atoms with E-state index in [1.54, 1.807) is 30.4 Å². The van der Waals surface area contributed by atoms with Gasteiger partial charge in [0.05, 0.1) is 7.11 Å². The third-order valence-corrected chi connectivity index (χ3v) is 4.25. The quantitative estimate of drug-likeness (QED) is 0.567. The molecule has 5 heteroatoms. The molecular weight excluding hydrogens is 356 g/mol. The molecule has 0 bridgehead atoms. The van der Waals surface area contributed by atoms with Crippen molar-refractivity contribution in [2.24, 2.45) is 0 Å². The van der Waals surface area contributed by atoms with Gasteiger partial charge in [-0.3, -0.25) is 0 Å². The van der Waals surface area contributed by atoms with Crippen molar-refractivity contribution in [2.75, 3.05) is 7.11 Å². The summed E-state index contributed by atoms with van der Waals surface area (Å²) in [7, 11) is 1.52. The van der Waals surface area contributed by atoms with Crippen molar-refractivity contribution >= 4 is 6.08 Å². The maximum atomic E-state index is 10.6. The first-order chi connectivity index (χ1) is 13.6. The highest BCUT2D eigenvalue weighted by Crippen LogP contribution is 2.32. The molecule has 0 spiro atoms. The summed E-state index contributed by atoms with van der Waals surface area (Å²) >= 11 is 0. The lowest BCUT2D eigenvalue weighted by Crippen LogP contribution is -2.01. The molecule has 0 aliphatic heterocycles. The van der Waals surface area contributed by atoms with Crippen molar-refractivity contribution in [1.29, 1.82) is 0 Å². The molecule has 1 unspecified atom stereocenters. The van der Waals surface area contributed by atoms with Gasteiger partial charge in [0.25, 0.3) is 0 Å². The molecule has 144 valence electrons. The van der Waals surface area contributed by atoms with E-state index in [2.05, 4.69) is 0 Å². The Kier molecular flexibility index (Phi) is 6.19. The standard InChI is InChI=1S/C23H22O5/c1-27-19-10-7-17(22(26)14-19)8-12-21(25)20-11-9-18(24)13-23(20)28-15-16-5-3-2-4-6-16/h2-14,21,24-26H,15H2,1H3. The molecule has 0 radical (unpaired) electrons. The van der Waals surface area contributed by atoms with Gasteiger partial charge in [-0.1, -0.05) is 42.5 Å². The Morgan fingerprint density at radius 2 is 1.75 bits per heavy atom. The predicted octanol–water partition coefficient (Wildman–Crippen LogP) is 4.43. The molecule has 0 amide bonds. The van der Waals surface area contributed by atoms with Crippen molar-refractivity contribution in [3.8, 4) is 23.0 Å². The van der Waals surface area contributed by atoms with Crippen molar-refractivity contribution in [1.82, 2.24) is 0 Å². The maximum Gasteiger partial charge on any atom is 0.129 e. The van der Waals surface area contributed by atoms with E-state index in [1.807, 2.05) is 30.3 Å². The summed E-state index contributed by atoms with van der Waals surface area (Å²) in [6, 6.07) is 19.1. The third-order valence-electron chi connectivity index (χ3n) is 4.25. The number of aliphatic hydroxyl groups is 1. The zero-order chi connectivity index (χ0) is 19.9. The van der Waals surface area contributed by atoms with Gasteiger partial charge in [-0.25, -0.2) is 0 Å². The minimum absolute atomic E-state index is 0.0501. The molecule has 0 aliphatic rings. The molecule has 28 heavy (non-hydrogen) atoms. The van der Waals surface area contributed by atoms with Crippen LogP contribution in [0.1, 0.15) is 22.8 Å². The number of benzene rings is 3. The van der Waals surface area contributed by atoms with Crippen molar-refractivity contribution < 1.29 is 24.8 Å². The van der Waals surface area contributed by atoms with E-state index in [1.165, 1.54) is 25.3 Å². The van der Waals surface area contributed by atoms with Gasteiger partial charge in [0.1, 0.15) is 35.7 Å². The van der Waals surface area contributed by atoms with Crippen LogP contribution in [0.15, 0.2) is 72.8 Å². The first-order valence-electron chi connectivity index (χ1n) is 8.79. The molecule has 3 rings (SSSR count). The molecule has 0 heterocycles. The van der Waals surface area contributed by atoms with E-state index < -0.39 is 6.10 Å². The predicted molar refractivity (Wildman–Crippen MR) is 108 cm³/mol. The monoisotopic (exact) mass is 378 g/mol. The van der Waals surface area contributed by atoms with Crippen LogP contribution in [0.5, 0.6) is 23.0 Å². The summed E-state index contributed by atoms with van der Waals surface area (Å²) < 4.78 is 10.9. The lowest BCUT2D eigenvalue weighted by Gasteiger charge is -2.15. The van der Waals surface area contributed by atoms with Gasteiger partial charge in [-0.2, -0.15) is 0 Å². The van der Waals surface area contributed by atoms with E-state index >= 15 is 0 Å². The van der Waals surface area contributed by atoms with Crippen LogP contribution in [0.2, 0.25) is 0 Å². The molecule has 3 aromatic rings. The smallest absolute Gasteiger partial charge is 0.129 e. The Hall–Kier alpha value is -3.44. The van der Waals surface area contributed by atoms with Gasteiger partial charge in [0.15, 0.2) is 0 Å². The number of phenolic OH excluding ortho intramolecular Hbond substituents is 2. The number of aliphatic hydroxyl groups excluding tert-OH is 1. The van der Waals surface area contributed by atoms with E-state index in [4.69, 9.17) is 9.47 Å². The first kappa shape index (κ1) is 19.3. The minimum Gasteiger partial charge on any atom is -0.508 e. The largest absolute Gasteiger partial charge is 0.508 e. The van der Waals surface area contributed by atoms with Gasteiger partial charge in [0, 0.05) is 23.3 Å². The number of hydrogen-bond acceptors (Lipinski definition) is 5. The molecule has 1 atom stereocenters. The van der Waals surface area contributed by atoms with Crippen LogP contribution in [-0.4, -0.2) is 22.4 Å². The molecular formula is C23H22O5. The third kappa shape index (κ3) is 4.84. The highest BCUT2D eigenvalue weighted by molar-refractivity contribution is 5.59. The minimum atomic E-state index is -0.979. The molecule has 3 N–H and O–H groups in total. The van der Waals surface area contributed by atoms with Crippen LogP contribution in [-0.2, 0) is 6.61 Å². The summed E-state index contributed by atoms with van der Waals surface area (Å²) in [5, 5.41) is 30.4. The van der Waals surface area contributed by atoms with Crippen molar-refractivity contribution in [3.63, 3.8) is 0 Å². The van der Waals surface area contributed by atoms with E-state index in [9.17, 15) is 15.3 Å². The Morgan fingerprint density at radius 1 is 0.964 bits per heavy atom. The highest BCUT2D eigenvalue weighted by atomic mass is 16.5. The lowest BCUT2D eigenvalue weighted by atomic mass is 10.1. The van der Waals surface area contributed by atoms with Gasteiger partial charge in [-0.15, -0.1) is 0 Å². The van der Waals surface area contributed by atoms with E-state index in [0.29, 0.717) is 29.2 Å². The summed E-state index contributed by atoms with van der Waals surface area (Å²) in [6.45, 7) is 0.312. The maximum absolute atomic E-state index is 10.6. The number of hydrogen-bond donors (Lipinski definition) is 3. The second-order valence-corrected chi connectivity index (χ2v) is 6.23. The molecule has 0 saturated carbocycles. The normalized spacial score (nSPS) is 12.1. The first-order valence-corrected chi connectivity index (χ1v) is 8.79. The fourth-order valence-electron chi connectivity index (χ4n) is 2.72. The summed E-state index contributed by atoms with van der Waals surface area (Å²) in [5.41, 5.74) is 2.04. The average molecular weight is 378 g/mol. The summed E-state index contributed by atoms with van der Waals surface area (Å²) in [4.78, 5) is 0. The topological polar surface area (TPSA) is 79.2 Å². The summed E-state index contributed by atoms with van der Waals surface area (Å²) in [5.74, 6) is 1.04. The molecule has 5 nitrogen and oxygen atoms in total. The van der Waals surface area contributed by atoms with Crippen LogP contribution in [0, 0.1) is 0 Å². The van der Waals surface area contributed by atoms with Crippen molar-refractivity contribution in [3.05, 3.63) is 89.5 Å². The fourth-order valence-corrected chi connectivity index (χ4v) is 2.72. The van der Waals surface area contributed by atoms with Crippen LogP contribution >= 0.6 is 0 Å².